The van der Waals surface area contributed by atoms with E-state index in [-0.39, 0.29) is 5.97 Å². The zero-order valence-electron chi connectivity index (χ0n) is 11.8. The summed E-state index contributed by atoms with van der Waals surface area (Å²) in [5, 5.41) is 0. The zero-order valence-corrected chi connectivity index (χ0v) is 11.8. The minimum atomic E-state index is -0.750. The van der Waals surface area contributed by atoms with Crippen molar-refractivity contribution in [2.24, 2.45) is 11.7 Å². The summed E-state index contributed by atoms with van der Waals surface area (Å²) in [7, 11) is 1.43. The number of nitrogens with zero attached hydrogens (tertiary/aromatic N) is 1. The molecule has 4 unspecified atom stereocenters. The van der Waals surface area contributed by atoms with Crippen molar-refractivity contribution >= 4 is 5.97 Å². The molecule has 0 bridgehead atoms. The third-order valence-electron chi connectivity index (χ3n) is 4.75. The van der Waals surface area contributed by atoms with Crippen molar-refractivity contribution < 1.29 is 9.53 Å². The van der Waals surface area contributed by atoms with E-state index in [1.165, 1.54) is 20.0 Å². The van der Waals surface area contributed by atoms with Crippen LogP contribution in [0.5, 0.6) is 0 Å². The van der Waals surface area contributed by atoms with Crippen molar-refractivity contribution in [2.45, 2.75) is 63.6 Å². The van der Waals surface area contributed by atoms with E-state index in [4.69, 9.17) is 10.5 Å². The summed E-state index contributed by atoms with van der Waals surface area (Å²) in [6.45, 7) is 5.74. The Kier molecular flexibility index (Phi) is 3.97. The van der Waals surface area contributed by atoms with Crippen molar-refractivity contribution in [2.75, 3.05) is 13.7 Å². The number of ether oxygens (including phenoxy) is 1. The first-order valence-electron chi connectivity index (χ1n) is 7.09. The van der Waals surface area contributed by atoms with Gasteiger partial charge in [0.25, 0.3) is 0 Å². The van der Waals surface area contributed by atoms with Crippen LogP contribution in [-0.2, 0) is 9.53 Å². The Morgan fingerprint density at radius 1 is 1.33 bits per heavy atom. The Labute approximate surface area is 110 Å². The van der Waals surface area contributed by atoms with Crippen LogP contribution in [0.15, 0.2) is 0 Å². The minimum Gasteiger partial charge on any atom is -0.468 e. The molecule has 1 saturated carbocycles. The summed E-state index contributed by atoms with van der Waals surface area (Å²) in [6, 6.07) is 1.07. The van der Waals surface area contributed by atoms with Gasteiger partial charge in [0.15, 0.2) is 0 Å². The summed E-state index contributed by atoms with van der Waals surface area (Å²) in [5.41, 5.74) is 5.44. The van der Waals surface area contributed by atoms with E-state index < -0.39 is 5.54 Å². The molecule has 1 heterocycles. The van der Waals surface area contributed by atoms with Crippen LogP contribution in [0, 0.1) is 5.92 Å². The molecular weight excluding hydrogens is 228 g/mol. The standard InChI is InChI=1S/C14H26N2O2/c1-10-4-5-11(2)16(9-10)12-6-7-14(15,8-12)13(17)18-3/h10-12H,4-9,15H2,1-3H3. The van der Waals surface area contributed by atoms with Gasteiger partial charge in [0.05, 0.1) is 7.11 Å². The lowest BCUT2D eigenvalue weighted by Gasteiger charge is -2.41. The Morgan fingerprint density at radius 3 is 2.72 bits per heavy atom. The second-order valence-electron chi connectivity index (χ2n) is 6.27. The van der Waals surface area contributed by atoms with E-state index in [2.05, 4.69) is 18.7 Å². The lowest BCUT2D eigenvalue weighted by molar-refractivity contribution is -0.147. The molecule has 0 amide bonds. The number of esters is 1. The Morgan fingerprint density at radius 2 is 2.06 bits per heavy atom. The highest BCUT2D eigenvalue weighted by Gasteiger charge is 2.46. The first-order chi connectivity index (χ1) is 8.46. The van der Waals surface area contributed by atoms with Gasteiger partial charge in [-0.15, -0.1) is 0 Å². The third-order valence-corrected chi connectivity index (χ3v) is 4.75. The molecule has 2 rings (SSSR count). The van der Waals surface area contributed by atoms with Crippen molar-refractivity contribution in [1.82, 2.24) is 4.90 Å². The number of rotatable bonds is 2. The number of hydrogen-bond donors (Lipinski definition) is 1. The van der Waals surface area contributed by atoms with E-state index >= 15 is 0 Å². The second-order valence-corrected chi connectivity index (χ2v) is 6.27. The number of hydrogen-bond acceptors (Lipinski definition) is 4. The Balaban J connectivity index is 2.01. The highest BCUT2D eigenvalue weighted by Crippen LogP contribution is 2.36. The highest BCUT2D eigenvalue weighted by atomic mass is 16.5. The molecule has 0 radical (unpaired) electrons. The molecule has 1 aliphatic heterocycles. The van der Waals surface area contributed by atoms with Gasteiger partial charge in [0.1, 0.15) is 5.54 Å². The molecule has 1 saturated heterocycles. The molecule has 4 atom stereocenters. The van der Waals surface area contributed by atoms with Crippen LogP contribution < -0.4 is 5.73 Å². The topological polar surface area (TPSA) is 55.6 Å². The smallest absolute Gasteiger partial charge is 0.325 e. The van der Waals surface area contributed by atoms with Gasteiger partial charge in [-0.3, -0.25) is 9.69 Å². The van der Waals surface area contributed by atoms with E-state index in [0.717, 1.165) is 31.7 Å². The highest BCUT2D eigenvalue weighted by molar-refractivity contribution is 5.81. The molecule has 2 aliphatic rings. The largest absolute Gasteiger partial charge is 0.468 e. The van der Waals surface area contributed by atoms with E-state index in [0.29, 0.717) is 12.1 Å². The molecule has 0 aromatic rings. The normalized spacial score (nSPS) is 41.9. The molecule has 18 heavy (non-hydrogen) atoms. The summed E-state index contributed by atoms with van der Waals surface area (Å²) >= 11 is 0. The first-order valence-corrected chi connectivity index (χ1v) is 7.09. The quantitative estimate of drug-likeness (QED) is 0.759. The van der Waals surface area contributed by atoms with Crippen molar-refractivity contribution in [3.63, 3.8) is 0 Å². The molecule has 2 fully saturated rings. The maximum atomic E-state index is 11.7. The van der Waals surface area contributed by atoms with Crippen LogP contribution in [-0.4, -0.2) is 42.1 Å². The average molecular weight is 254 g/mol. The molecule has 4 nitrogen and oxygen atoms in total. The minimum absolute atomic E-state index is 0.247. The van der Waals surface area contributed by atoms with Crippen molar-refractivity contribution in [1.29, 1.82) is 0 Å². The number of methoxy groups -OCH3 is 1. The summed E-state index contributed by atoms with van der Waals surface area (Å²) in [4.78, 5) is 14.3. The number of carbonyl (C=O) groups is 1. The molecule has 1 aliphatic carbocycles. The van der Waals surface area contributed by atoms with Crippen LogP contribution in [0.1, 0.15) is 46.0 Å². The van der Waals surface area contributed by atoms with Gasteiger partial charge in [-0.05, 0) is 44.9 Å². The van der Waals surface area contributed by atoms with Crippen LogP contribution in [0.4, 0.5) is 0 Å². The first kappa shape index (κ1) is 13.8. The lowest BCUT2D eigenvalue weighted by atomic mass is 9.92. The van der Waals surface area contributed by atoms with Gasteiger partial charge >= 0.3 is 5.97 Å². The predicted molar refractivity (Wildman–Crippen MR) is 71.1 cm³/mol. The average Bonchev–Trinajstić information content (AvgIpc) is 2.75. The van der Waals surface area contributed by atoms with Crippen LogP contribution >= 0.6 is 0 Å². The number of nitrogens with two attached hydrogens (primary N) is 1. The maximum absolute atomic E-state index is 11.7. The predicted octanol–water partition coefficient (Wildman–Crippen LogP) is 1.53. The van der Waals surface area contributed by atoms with Crippen molar-refractivity contribution in [3.05, 3.63) is 0 Å². The van der Waals surface area contributed by atoms with Gasteiger partial charge in [-0.2, -0.15) is 0 Å². The fourth-order valence-corrected chi connectivity index (χ4v) is 3.55. The fourth-order valence-electron chi connectivity index (χ4n) is 3.55. The van der Waals surface area contributed by atoms with Crippen LogP contribution in [0.3, 0.4) is 0 Å². The molecular formula is C14H26N2O2. The molecule has 0 aromatic heterocycles. The van der Waals surface area contributed by atoms with Crippen LogP contribution in [0.2, 0.25) is 0 Å². The van der Waals surface area contributed by atoms with Crippen molar-refractivity contribution in [3.8, 4) is 0 Å². The number of piperidine rings is 1. The van der Waals surface area contributed by atoms with E-state index in [1.54, 1.807) is 0 Å². The SMILES string of the molecule is COC(=O)C1(N)CCC(N2CC(C)CCC2C)C1. The molecule has 4 heteroatoms. The Bertz CT molecular complexity index is 321. The second kappa shape index (κ2) is 5.17. The molecule has 0 aromatic carbocycles. The zero-order chi connectivity index (χ0) is 13.3. The lowest BCUT2D eigenvalue weighted by Crippen LogP contribution is -2.51. The number of likely N-dealkylation sites (tertiary alicyclic amines) is 1. The van der Waals surface area contributed by atoms with E-state index in [9.17, 15) is 4.79 Å². The van der Waals surface area contributed by atoms with Crippen LogP contribution in [0.25, 0.3) is 0 Å². The summed E-state index contributed by atoms with van der Waals surface area (Å²) in [5.74, 6) is 0.509. The maximum Gasteiger partial charge on any atom is 0.325 e. The molecule has 0 spiro atoms. The summed E-state index contributed by atoms with van der Waals surface area (Å²) in [6.07, 6.45) is 5.09. The van der Waals surface area contributed by atoms with Gasteiger partial charge in [0, 0.05) is 18.6 Å². The molecule has 104 valence electrons. The molecule has 2 N–H and O–H groups in total. The van der Waals surface area contributed by atoms with Gasteiger partial charge < -0.3 is 10.5 Å². The fraction of sp³-hybridized carbons (Fsp3) is 0.929. The summed E-state index contributed by atoms with van der Waals surface area (Å²) < 4.78 is 4.84. The van der Waals surface area contributed by atoms with Gasteiger partial charge in [0.2, 0.25) is 0 Å². The third kappa shape index (κ3) is 2.54. The Hall–Kier alpha value is -0.610. The monoisotopic (exact) mass is 254 g/mol. The van der Waals surface area contributed by atoms with Gasteiger partial charge in [-0.1, -0.05) is 6.92 Å². The van der Waals surface area contributed by atoms with Gasteiger partial charge in [-0.25, -0.2) is 0 Å². The number of carbonyl (C=O) groups excluding carboxylic acids is 1. The van der Waals surface area contributed by atoms with E-state index in [1.807, 2.05) is 0 Å².